The predicted octanol–water partition coefficient (Wildman–Crippen LogP) is 2.96. The van der Waals surface area contributed by atoms with Gasteiger partial charge in [0, 0.05) is 17.4 Å². The lowest BCUT2D eigenvalue weighted by atomic mass is 9.97. The zero-order valence-corrected chi connectivity index (χ0v) is 12.3. The maximum atomic E-state index is 12.0. The third kappa shape index (κ3) is 4.00. The van der Waals surface area contributed by atoms with Crippen LogP contribution in [0.15, 0.2) is 24.3 Å². The number of hydrogen-bond acceptors (Lipinski definition) is 3. The second kappa shape index (κ2) is 6.79. The van der Waals surface area contributed by atoms with E-state index in [4.69, 9.17) is 5.11 Å². The summed E-state index contributed by atoms with van der Waals surface area (Å²) in [6.45, 7) is 1.89. The van der Waals surface area contributed by atoms with Gasteiger partial charge >= 0.3 is 5.97 Å². The van der Waals surface area contributed by atoms with Gasteiger partial charge in [-0.2, -0.15) is 11.8 Å². The lowest BCUT2D eigenvalue weighted by Crippen LogP contribution is -2.22. The third-order valence-corrected chi connectivity index (χ3v) is 4.69. The molecular formula is C15H19NO3S. The number of carbonyl (C=O) groups is 2. The number of anilines is 1. The number of thioether (sulfide) groups is 1. The minimum absolute atomic E-state index is 0.0246. The SMILES string of the molecule is CC(CC(=O)O)c1ccc(NC(=O)C2CCSC2)cc1. The van der Waals surface area contributed by atoms with Crippen molar-refractivity contribution in [3.63, 3.8) is 0 Å². The van der Waals surface area contributed by atoms with E-state index in [1.54, 1.807) is 0 Å². The molecule has 1 aliphatic heterocycles. The van der Waals surface area contributed by atoms with Crippen LogP contribution >= 0.6 is 11.8 Å². The first-order chi connectivity index (χ1) is 9.56. The van der Waals surface area contributed by atoms with Crippen molar-refractivity contribution in [3.05, 3.63) is 29.8 Å². The smallest absolute Gasteiger partial charge is 0.303 e. The van der Waals surface area contributed by atoms with Crippen molar-refractivity contribution >= 4 is 29.3 Å². The van der Waals surface area contributed by atoms with E-state index in [2.05, 4.69) is 5.32 Å². The number of hydrogen-bond donors (Lipinski definition) is 2. The van der Waals surface area contributed by atoms with E-state index in [0.717, 1.165) is 29.2 Å². The summed E-state index contributed by atoms with van der Waals surface area (Å²) < 4.78 is 0. The summed E-state index contributed by atoms with van der Waals surface area (Å²) in [4.78, 5) is 22.7. The van der Waals surface area contributed by atoms with Gasteiger partial charge in [-0.25, -0.2) is 0 Å². The molecule has 20 heavy (non-hydrogen) atoms. The summed E-state index contributed by atoms with van der Waals surface area (Å²) in [5.41, 5.74) is 1.75. The minimum Gasteiger partial charge on any atom is -0.481 e. The lowest BCUT2D eigenvalue weighted by Gasteiger charge is -2.12. The van der Waals surface area contributed by atoms with Crippen molar-refractivity contribution in [1.82, 2.24) is 0 Å². The molecule has 0 aromatic heterocycles. The van der Waals surface area contributed by atoms with Crippen LogP contribution in [0, 0.1) is 5.92 Å². The number of carbonyl (C=O) groups excluding carboxylic acids is 1. The van der Waals surface area contributed by atoms with Crippen molar-refractivity contribution in [2.75, 3.05) is 16.8 Å². The Morgan fingerprint density at radius 3 is 2.65 bits per heavy atom. The highest BCUT2D eigenvalue weighted by Gasteiger charge is 2.23. The number of aliphatic carboxylic acids is 1. The van der Waals surface area contributed by atoms with Crippen LogP contribution in [0.5, 0.6) is 0 Å². The monoisotopic (exact) mass is 293 g/mol. The van der Waals surface area contributed by atoms with E-state index < -0.39 is 5.97 Å². The van der Waals surface area contributed by atoms with E-state index in [1.807, 2.05) is 43.0 Å². The Labute approximate surface area is 123 Å². The molecule has 5 heteroatoms. The fraction of sp³-hybridized carbons (Fsp3) is 0.467. The predicted molar refractivity (Wildman–Crippen MR) is 81.2 cm³/mol. The quantitative estimate of drug-likeness (QED) is 0.876. The molecule has 1 aromatic rings. The summed E-state index contributed by atoms with van der Waals surface area (Å²) >= 11 is 1.82. The Bertz CT molecular complexity index is 480. The standard InChI is InChI=1S/C15H19NO3S/c1-10(8-14(17)18)11-2-4-13(5-3-11)16-15(19)12-6-7-20-9-12/h2-5,10,12H,6-9H2,1H3,(H,16,19)(H,17,18). The Balaban J connectivity index is 1.94. The summed E-state index contributed by atoms with van der Waals surface area (Å²) in [7, 11) is 0. The molecule has 1 aromatic carbocycles. The van der Waals surface area contributed by atoms with Crippen molar-refractivity contribution in [1.29, 1.82) is 0 Å². The first-order valence-corrected chi connectivity index (χ1v) is 7.92. The molecule has 108 valence electrons. The molecule has 0 spiro atoms. The van der Waals surface area contributed by atoms with Gasteiger partial charge in [-0.15, -0.1) is 0 Å². The van der Waals surface area contributed by atoms with E-state index in [-0.39, 0.29) is 24.2 Å². The number of nitrogens with one attached hydrogen (secondary N) is 1. The average Bonchev–Trinajstić information content (AvgIpc) is 2.92. The topological polar surface area (TPSA) is 66.4 Å². The molecule has 2 unspecified atom stereocenters. The van der Waals surface area contributed by atoms with E-state index in [1.165, 1.54) is 0 Å². The number of amides is 1. The summed E-state index contributed by atoms with van der Waals surface area (Å²) in [5.74, 6) is 1.34. The number of benzene rings is 1. The van der Waals surface area contributed by atoms with Crippen LogP contribution in [0.2, 0.25) is 0 Å². The van der Waals surface area contributed by atoms with Crippen molar-refractivity contribution in [2.45, 2.75) is 25.7 Å². The zero-order valence-electron chi connectivity index (χ0n) is 11.5. The van der Waals surface area contributed by atoms with E-state index in [0.29, 0.717) is 0 Å². The Hall–Kier alpha value is -1.49. The molecule has 1 amide bonds. The zero-order chi connectivity index (χ0) is 14.5. The van der Waals surface area contributed by atoms with Gasteiger partial charge in [0.25, 0.3) is 0 Å². The minimum atomic E-state index is -0.798. The van der Waals surface area contributed by atoms with E-state index in [9.17, 15) is 9.59 Å². The number of rotatable bonds is 5. The fourth-order valence-electron chi connectivity index (χ4n) is 2.26. The molecule has 2 N–H and O–H groups in total. The van der Waals surface area contributed by atoms with Crippen LogP contribution < -0.4 is 5.32 Å². The largest absolute Gasteiger partial charge is 0.481 e. The normalized spacial score (nSPS) is 19.6. The first-order valence-electron chi connectivity index (χ1n) is 6.76. The molecule has 0 radical (unpaired) electrons. The van der Waals surface area contributed by atoms with Crippen LogP contribution in [0.25, 0.3) is 0 Å². The first kappa shape index (κ1) is 14.9. The van der Waals surface area contributed by atoms with Gasteiger partial charge in [0.2, 0.25) is 5.91 Å². The fourth-order valence-corrected chi connectivity index (χ4v) is 3.48. The molecule has 4 nitrogen and oxygen atoms in total. The van der Waals surface area contributed by atoms with Gasteiger partial charge in [0.15, 0.2) is 0 Å². The maximum absolute atomic E-state index is 12.0. The second-order valence-corrected chi connectivity index (χ2v) is 6.32. The van der Waals surface area contributed by atoms with Gasteiger partial charge in [-0.3, -0.25) is 9.59 Å². The lowest BCUT2D eigenvalue weighted by molar-refractivity contribution is -0.137. The third-order valence-electron chi connectivity index (χ3n) is 3.53. The maximum Gasteiger partial charge on any atom is 0.303 e. The van der Waals surface area contributed by atoms with Crippen LogP contribution in [0.3, 0.4) is 0 Å². The molecule has 2 rings (SSSR count). The Morgan fingerprint density at radius 1 is 1.40 bits per heavy atom. The molecule has 0 bridgehead atoms. The number of carboxylic acids is 1. The molecule has 1 fully saturated rings. The number of carboxylic acid groups (broad SMARTS) is 1. The van der Waals surface area contributed by atoms with Crippen molar-refractivity contribution in [3.8, 4) is 0 Å². The van der Waals surface area contributed by atoms with Gasteiger partial charge in [-0.05, 0) is 35.8 Å². The molecule has 0 aliphatic carbocycles. The Morgan fingerprint density at radius 2 is 2.10 bits per heavy atom. The van der Waals surface area contributed by atoms with E-state index >= 15 is 0 Å². The molecule has 0 saturated carbocycles. The highest BCUT2D eigenvalue weighted by Crippen LogP contribution is 2.25. The highest BCUT2D eigenvalue weighted by atomic mass is 32.2. The molecule has 1 aliphatic rings. The van der Waals surface area contributed by atoms with Crippen LogP contribution in [0.4, 0.5) is 5.69 Å². The van der Waals surface area contributed by atoms with Crippen molar-refractivity contribution < 1.29 is 14.7 Å². The highest BCUT2D eigenvalue weighted by molar-refractivity contribution is 7.99. The van der Waals surface area contributed by atoms with Crippen LogP contribution in [-0.4, -0.2) is 28.5 Å². The summed E-state index contributed by atoms with van der Waals surface area (Å²) in [5, 5.41) is 11.7. The van der Waals surface area contributed by atoms with Gasteiger partial charge < -0.3 is 10.4 Å². The second-order valence-electron chi connectivity index (χ2n) is 5.17. The summed E-state index contributed by atoms with van der Waals surface area (Å²) in [6.07, 6.45) is 1.06. The molecule has 2 atom stereocenters. The summed E-state index contributed by atoms with van der Waals surface area (Å²) in [6, 6.07) is 7.45. The molecule has 1 heterocycles. The van der Waals surface area contributed by atoms with Crippen LogP contribution in [-0.2, 0) is 9.59 Å². The van der Waals surface area contributed by atoms with Gasteiger partial charge in [0.1, 0.15) is 0 Å². The molecular weight excluding hydrogens is 274 g/mol. The van der Waals surface area contributed by atoms with Gasteiger partial charge in [0.05, 0.1) is 6.42 Å². The average molecular weight is 293 g/mol. The Kier molecular flexibility index (Phi) is 5.06. The molecule has 1 saturated heterocycles. The van der Waals surface area contributed by atoms with Gasteiger partial charge in [-0.1, -0.05) is 19.1 Å². The van der Waals surface area contributed by atoms with Crippen LogP contribution in [0.1, 0.15) is 31.2 Å². The van der Waals surface area contributed by atoms with Crippen molar-refractivity contribution in [2.24, 2.45) is 5.92 Å².